The summed E-state index contributed by atoms with van der Waals surface area (Å²) in [5.74, 6) is 5.84. The van der Waals surface area contributed by atoms with Crippen LogP contribution in [0.25, 0.3) is 0 Å². The Bertz CT molecular complexity index is 442. The lowest BCUT2D eigenvalue weighted by molar-refractivity contribution is 0.0767. The molecule has 1 heterocycles. The Hall–Kier alpha value is -1.31. The van der Waals surface area contributed by atoms with Crippen LogP contribution in [0.4, 0.5) is 0 Å². The molecule has 1 aromatic rings. The number of nitrogens with zero attached hydrogens (tertiary/aromatic N) is 1. The molecule has 0 bridgehead atoms. The van der Waals surface area contributed by atoms with Gasteiger partial charge in [-0.1, -0.05) is 25.2 Å². The van der Waals surface area contributed by atoms with E-state index in [4.69, 9.17) is 5.73 Å². The molecule has 0 saturated heterocycles. The molecule has 0 saturated carbocycles. The highest BCUT2D eigenvalue weighted by Gasteiger charge is 2.17. The van der Waals surface area contributed by atoms with Gasteiger partial charge in [0, 0.05) is 18.7 Å². The molecule has 0 aliphatic heterocycles. The minimum atomic E-state index is 0.0854. The quantitative estimate of drug-likeness (QED) is 0.830. The van der Waals surface area contributed by atoms with Crippen LogP contribution in [0.5, 0.6) is 0 Å². The summed E-state index contributed by atoms with van der Waals surface area (Å²) in [6.45, 7) is 6.00. The van der Waals surface area contributed by atoms with Crippen molar-refractivity contribution in [1.29, 1.82) is 0 Å². The van der Waals surface area contributed by atoms with Gasteiger partial charge in [-0.25, -0.2) is 0 Å². The zero-order valence-corrected chi connectivity index (χ0v) is 11.8. The van der Waals surface area contributed by atoms with Crippen molar-refractivity contribution in [2.45, 2.75) is 26.7 Å². The number of rotatable bonds is 5. The number of carbonyl (C=O) groups excluding carboxylic acids is 1. The molecule has 3 nitrogen and oxygen atoms in total. The normalized spacial score (nSPS) is 9.72. The summed E-state index contributed by atoms with van der Waals surface area (Å²) in [7, 11) is 0. The monoisotopic (exact) mass is 264 g/mol. The number of hydrogen-bond donors (Lipinski definition) is 1. The van der Waals surface area contributed by atoms with Gasteiger partial charge in [-0.15, -0.1) is 11.3 Å². The molecule has 1 amide bonds. The molecule has 0 atom stereocenters. The van der Waals surface area contributed by atoms with Gasteiger partial charge in [-0.05, 0) is 24.8 Å². The lowest BCUT2D eigenvalue weighted by Gasteiger charge is -2.20. The fourth-order valence-electron chi connectivity index (χ4n) is 1.62. The number of amides is 1. The van der Waals surface area contributed by atoms with E-state index in [1.54, 1.807) is 0 Å². The van der Waals surface area contributed by atoms with Gasteiger partial charge >= 0.3 is 0 Å². The molecule has 0 aliphatic carbocycles. The molecule has 18 heavy (non-hydrogen) atoms. The van der Waals surface area contributed by atoms with Gasteiger partial charge in [-0.2, -0.15) is 0 Å². The molecular formula is C14H20N2OS. The van der Waals surface area contributed by atoms with Gasteiger partial charge < -0.3 is 10.6 Å². The molecule has 1 rings (SSSR count). The molecule has 0 fully saturated rings. The predicted molar refractivity (Wildman–Crippen MR) is 76.7 cm³/mol. The number of unbranched alkanes of at least 4 members (excludes halogenated alkanes) is 1. The maximum Gasteiger partial charge on any atom is 0.265 e. The second-order valence-electron chi connectivity index (χ2n) is 3.91. The number of carbonyl (C=O) groups is 1. The number of nitrogens with two attached hydrogens (primary N) is 1. The predicted octanol–water partition coefficient (Wildman–Crippen LogP) is 2.32. The first-order valence-corrected chi connectivity index (χ1v) is 7.18. The van der Waals surface area contributed by atoms with E-state index < -0.39 is 0 Å². The lowest BCUT2D eigenvalue weighted by Crippen LogP contribution is -2.31. The summed E-state index contributed by atoms with van der Waals surface area (Å²) in [6.07, 6.45) is 2.13. The third-order valence-corrected chi connectivity index (χ3v) is 3.54. The SMILES string of the molecule is CCCCN(CC)C(=O)c1sccc1C#CCN. The van der Waals surface area contributed by atoms with Crippen LogP contribution in [0, 0.1) is 11.8 Å². The Morgan fingerprint density at radius 2 is 2.28 bits per heavy atom. The molecule has 98 valence electrons. The first-order chi connectivity index (χ1) is 8.74. The van der Waals surface area contributed by atoms with Crippen LogP contribution in [0.1, 0.15) is 41.9 Å². The molecule has 0 spiro atoms. The zero-order chi connectivity index (χ0) is 13.4. The van der Waals surface area contributed by atoms with Gasteiger partial charge in [0.25, 0.3) is 5.91 Å². The standard InChI is InChI=1S/C14H20N2OS/c1-3-5-10-16(4-2)14(17)13-12(7-6-9-15)8-11-18-13/h8,11H,3-5,9-10,15H2,1-2H3. The van der Waals surface area contributed by atoms with Crippen molar-refractivity contribution >= 4 is 17.2 Å². The van der Waals surface area contributed by atoms with Gasteiger partial charge in [0.2, 0.25) is 0 Å². The van der Waals surface area contributed by atoms with E-state index in [0.717, 1.165) is 36.4 Å². The van der Waals surface area contributed by atoms with E-state index >= 15 is 0 Å². The van der Waals surface area contributed by atoms with Crippen LogP contribution >= 0.6 is 11.3 Å². The molecular weight excluding hydrogens is 244 g/mol. The summed E-state index contributed by atoms with van der Waals surface area (Å²) >= 11 is 1.45. The Kier molecular flexibility index (Phi) is 6.48. The summed E-state index contributed by atoms with van der Waals surface area (Å²) in [6, 6.07) is 1.88. The summed E-state index contributed by atoms with van der Waals surface area (Å²) in [5, 5.41) is 1.90. The van der Waals surface area contributed by atoms with Crippen LogP contribution in [0.15, 0.2) is 11.4 Å². The third kappa shape index (κ3) is 3.86. The minimum absolute atomic E-state index is 0.0854. The summed E-state index contributed by atoms with van der Waals surface area (Å²) in [5.41, 5.74) is 6.15. The van der Waals surface area contributed by atoms with Crippen molar-refractivity contribution in [2.24, 2.45) is 5.73 Å². The van der Waals surface area contributed by atoms with Crippen molar-refractivity contribution in [1.82, 2.24) is 4.90 Å². The molecule has 0 aromatic carbocycles. The highest BCUT2D eigenvalue weighted by Crippen LogP contribution is 2.18. The molecule has 0 radical (unpaired) electrons. The molecule has 4 heteroatoms. The maximum atomic E-state index is 12.4. The maximum absolute atomic E-state index is 12.4. The van der Waals surface area contributed by atoms with Crippen molar-refractivity contribution in [3.8, 4) is 11.8 Å². The average molecular weight is 264 g/mol. The van der Waals surface area contributed by atoms with E-state index in [2.05, 4.69) is 18.8 Å². The molecule has 0 aliphatic rings. The molecule has 0 unspecified atom stereocenters. The highest BCUT2D eigenvalue weighted by molar-refractivity contribution is 7.12. The van der Waals surface area contributed by atoms with Gasteiger partial charge in [0.15, 0.2) is 0 Å². The van der Waals surface area contributed by atoms with Crippen molar-refractivity contribution in [3.63, 3.8) is 0 Å². The number of thiophene rings is 1. The van der Waals surface area contributed by atoms with Gasteiger partial charge in [0.1, 0.15) is 4.88 Å². The second kappa shape index (κ2) is 7.91. The van der Waals surface area contributed by atoms with Crippen LogP contribution in [-0.2, 0) is 0 Å². The Morgan fingerprint density at radius 1 is 1.50 bits per heavy atom. The van der Waals surface area contributed by atoms with Crippen LogP contribution in [0.2, 0.25) is 0 Å². The smallest absolute Gasteiger partial charge is 0.265 e. The topological polar surface area (TPSA) is 46.3 Å². The summed E-state index contributed by atoms with van der Waals surface area (Å²) in [4.78, 5) is 15.0. The van der Waals surface area contributed by atoms with E-state index in [1.165, 1.54) is 11.3 Å². The fourth-order valence-corrected chi connectivity index (χ4v) is 2.43. The van der Waals surface area contributed by atoms with Crippen LogP contribution in [0.3, 0.4) is 0 Å². The lowest BCUT2D eigenvalue weighted by atomic mass is 10.2. The first-order valence-electron chi connectivity index (χ1n) is 6.30. The Morgan fingerprint density at radius 3 is 2.89 bits per heavy atom. The van der Waals surface area contributed by atoms with E-state index in [-0.39, 0.29) is 5.91 Å². The minimum Gasteiger partial charge on any atom is -0.338 e. The van der Waals surface area contributed by atoms with Crippen molar-refractivity contribution in [2.75, 3.05) is 19.6 Å². The van der Waals surface area contributed by atoms with Crippen LogP contribution < -0.4 is 5.73 Å². The molecule has 1 aromatic heterocycles. The Labute approximate surface area is 113 Å². The molecule has 2 N–H and O–H groups in total. The van der Waals surface area contributed by atoms with E-state index in [1.807, 2.05) is 23.3 Å². The highest BCUT2D eigenvalue weighted by atomic mass is 32.1. The third-order valence-electron chi connectivity index (χ3n) is 2.64. The van der Waals surface area contributed by atoms with Gasteiger partial charge in [0.05, 0.1) is 6.54 Å². The number of hydrogen-bond acceptors (Lipinski definition) is 3. The summed E-state index contributed by atoms with van der Waals surface area (Å²) < 4.78 is 0. The fraction of sp³-hybridized carbons (Fsp3) is 0.500. The second-order valence-corrected chi connectivity index (χ2v) is 4.82. The van der Waals surface area contributed by atoms with E-state index in [9.17, 15) is 4.79 Å². The largest absolute Gasteiger partial charge is 0.338 e. The van der Waals surface area contributed by atoms with Crippen LogP contribution in [-0.4, -0.2) is 30.4 Å². The zero-order valence-electron chi connectivity index (χ0n) is 11.0. The van der Waals surface area contributed by atoms with E-state index in [0.29, 0.717) is 6.54 Å². The first kappa shape index (κ1) is 14.7. The van der Waals surface area contributed by atoms with Crippen molar-refractivity contribution in [3.05, 3.63) is 21.9 Å². The van der Waals surface area contributed by atoms with Gasteiger partial charge in [-0.3, -0.25) is 4.79 Å². The Balaban J connectivity index is 2.84. The van der Waals surface area contributed by atoms with Crippen molar-refractivity contribution < 1.29 is 4.79 Å². The average Bonchev–Trinajstić information content (AvgIpc) is 2.85.